The summed E-state index contributed by atoms with van der Waals surface area (Å²) in [5.41, 5.74) is 2.09. The summed E-state index contributed by atoms with van der Waals surface area (Å²) in [6.45, 7) is 2.21. The number of nitrogens with one attached hydrogen (secondary N) is 2. The highest BCUT2D eigenvalue weighted by Gasteiger charge is 2.08. The van der Waals surface area contributed by atoms with E-state index in [0.29, 0.717) is 22.3 Å². The van der Waals surface area contributed by atoms with Crippen LogP contribution in [0.1, 0.15) is 21.7 Å². The smallest absolute Gasteiger partial charge is 0.272 e. The number of H-pyrrole nitrogens is 1. The van der Waals surface area contributed by atoms with Crippen molar-refractivity contribution in [2.75, 3.05) is 0 Å². The topological polar surface area (TPSA) is 57.8 Å². The van der Waals surface area contributed by atoms with Crippen LogP contribution < -0.4 is 5.32 Å². The van der Waals surface area contributed by atoms with Crippen molar-refractivity contribution in [1.29, 1.82) is 0 Å². The Kier molecular flexibility index (Phi) is 3.89. The van der Waals surface area contributed by atoms with E-state index >= 15 is 0 Å². The van der Waals surface area contributed by atoms with Crippen LogP contribution in [-0.4, -0.2) is 16.1 Å². The van der Waals surface area contributed by atoms with Crippen LogP contribution in [0.2, 0.25) is 10.0 Å². The Balaban J connectivity index is 1.99. The highest BCUT2D eigenvalue weighted by Crippen LogP contribution is 2.22. The third kappa shape index (κ3) is 3.03. The molecule has 0 atom stereocenters. The molecular formula is C12H11Cl2N3O. The molecule has 0 fully saturated rings. The summed E-state index contributed by atoms with van der Waals surface area (Å²) < 4.78 is 0. The van der Waals surface area contributed by atoms with Gasteiger partial charge in [0.1, 0.15) is 5.69 Å². The van der Waals surface area contributed by atoms with Crippen LogP contribution in [0.15, 0.2) is 24.3 Å². The summed E-state index contributed by atoms with van der Waals surface area (Å²) in [7, 11) is 0. The maximum Gasteiger partial charge on any atom is 0.272 e. The van der Waals surface area contributed by atoms with E-state index in [9.17, 15) is 4.79 Å². The van der Waals surface area contributed by atoms with Gasteiger partial charge in [0.05, 0.1) is 10.0 Å². The lowest BCUT2D eigenvalue weighted by Gasteiger charge is -2.04. The van der Waals surface area contributed by atoms with E-state index in [2.05, 4.69) is 15.5 Å². The maximum atomic E-state index is 11.7. The van der Waals surface area contributed by atoms with Crippen molar-refractivity contribution in [3.05, 3.63) is 51.3 Å². The Morgan fingerprint density at radius 1 is 1.33 bits per heavy atom. The number of hydrogen-bond donors (Lipinski definition) is 2. The number of rotatable bonds is 3. The molecule has 1 heterocycles. The van der Waals surface area contributed by atoms with Crippen LogP contribution in [0.4, 0.5) is 0 Å². The third-order valence-corrected chi connectivity index (χ3v) is 3.11. The van der Waals surface area contributed by atoms with E-state index in [0.717, 1.165) is 11.3 Å². The van der Waals surface area contributed by atoms with Crippen molar-refractivity contribution in [2.45, 2.75) is 13.5 Å². The predicted octanol–water partition coefficient (Wildman–Crippen LogP) is 2.95. The van der Waals surface area contributed by atoms with Gasteiger partial charge in [-0.25, -0.2) is 0 Å². The van der Waals surface area contributed by atoms with Gasteiger partial charge in [-0.1, -0.05) is 29.3 Å². The second-order valence-electron chi connectivity index (χ2n) is 3.87. The fourth-order valence-electron chi connectivity index (χ4n) is 1.46. The number of aromatic amines is 1. The van der Waals surface area contributed by atoms with Crippen LogP contribution in [0.5, 0.6) is 0 Å². The van der Waals surface area contributed by atoms with E-state index in [1.54, 1.807) is 18.2 Å². The highest BCUT2D eigenvalue weighted by atomic mass is 35.5. The maximum absolute atomic E-state index is 11.7. The molecule has 1 aromatic heterocycles. The molecule has 0 unspecified atom stereocenters. The zero-order chi connectivity index (χ0) is 13.1. The van der Waals surface area contributed by atoms with Crippen LogP contribution in [-0.2, 0) is 6.54 Å². The van der Waals surface area contributed by atoms with Crippen LogP contribution >= 0.6 is 23.2 Å². The zero-order valence-electron chi connectivity index (χ0n) is 9.63. The monoisotopic (exact) mass is 283 g/mol. The predicted molar refractivity (Wildman–Crippen MR) is 71.0 cm³/mol. The van der Waals surface area contributed by atoms with Crippen molar-refractivity contribution in [3.8, 4) is 0 Å². The Morgan fingerprint density at radius 3 is 2.72 bits per heavy atom. The first-order chi connectivity index (χ1) is 8.56. The van der Waals surface area contributed by atoms with Gasteiger partial charge in [-0.15, -0.1) is 0 Å². The molecule has 2 aromatic rings. The van der Waals surface area contributed by atoms with E-state index in [1.165, 1.54) is 0 Å². The molecule has 1 aromatic carbocycles. The molecule has 94 valence electrons. The van der Waals surface area contributed by atoms with Crippen molar-refractivity contribution >= 4 is 29.1 Å². The minimum atomic E-state index is -0.231. The number of carbonyl (C=O) groups excluding carboxylic acids is 1. The second-order valence-corrected chi connectivity index (χ2v) is 4.68. The molecule has 2 rings (SSSR count). The summed E-state index contributed by atoms with van der Waals surface area (Å²) in [5.74, 6) is -0.231. The standard InChI is InChI=1S/C12H11Cl2N3O/c1-7-4-11(17-16-7)12(18)15-6-8-2-3-9(13)10(14)5-8/h2-5H,6H2,1H3,(H,15,18)(H,16,17). The van der Waals surface area contributed by atoms with Gasteiger partial charge in [-0.2, -0.15) is 5.10 Å². The first kappa shape index (κ1) is 12.9. The fourth-order valence-corrected chi connectivity index (χ4v) is 1.78. The van der Waals surface area contributed by atoms with Gasteiger partial charge in [0.15, 0.2) is 0 Å². The normalized spacial score (nSPS) is 10.4. The molecule has 0 bridgehead atoms. The molecule has 1 amide bonds. The zero-order valence-corrected chi connectivity index (χ0v) is 11.1. The molecule has 0 saturated heterocycles. The van der Waals surface area contributed by atoms with E-state index < -0.39 is 0 Å². The van der Waals surface area contributed by atoms with Crippen LogP contribution in [0.25, 0.3) is 0 Å². The Hall–Kier alpha value is -1.52. The number of nitrogens with zero attached hydrogens (tertiary/aromatic N) is 1. The number of halogens is 2. The Labute approximate surface area is 114 Å². The lowest BCUT2D eigenvalue weighted by molar-refractivity contribution is 0.0946. The minimum Gasteiger partial charge on any atom is -0.347 e. The lowest BCUT2D eigenvalue weighted by Crippen LogP contribution is -2.23. The number of aromatic nitrogens is 2. The Bertz CT molecular complexity index is 580. The van der Waals surface area contributed by atoms with Crippen LogP contribution in [0.3, 0.4) is 0 Å². The average molecular weight is 284 g/mol. The summed E-state index contributed by atoms with van der Waals surface area (Å²) in [5, 5.41) is 10.3. The molecule has 0 aliphatic rings. The van der Waals surface area contributed by atoms with Crippen molar-refractivity contribution < 1.29 is 4.79 Å². The number of amides is 1. The molecule has 0 aliphatic carbocycles. The van der Waals surface area contributed by atoms with Gasteiger partial charge in [0.2, 0.25) is 0 Å². The second kappa shape index (κ2) is 5.42. The van der Waals surface area contributed by atoms with Gasteiger partial charge >= 0.3 is 0 Å². The van der Waals surface area contributed by atoms with E-state index in [4.69, 9.17) is 23.2 Å². The molecule has 0 aliphatic heterocycles. The van der Waals surface area contributed by atoms with Crippen molar-refractivity contribution in [1.82, 2.24) is 15.5 Å². The number of benzene rings is 1. The number of aryl methyl sites for hydroxylation is 1. The molecule has 0 radical (unpaired) electrons. The summed E-state index contributed by atoms with van der Waals surface area (Å²) in [6.07, 6.45) is 0. The van der Waals surface area contributed by atoms with Crippen molar-refractivity contribution in [2.24, 2.45) is 0 Å². The SMILES string of the molecule is Cc1cc(C(=O)NCc2ccc(Cl)c(Cl)c2)n[nH]1. The van der Waals surface area contributed by atoms with E-state index in [-0.39, 0.29) is 5.91 Å². The van der Waals surface area contributed by atoms with Gasteiger partial charge in [0, 0.05) is 12.2 Å². The minimum absolute atomic E-state index is 0.231. The third-order valence-electron chi connectivity index (χ3n) is 2.38. The summed E-state index contributed by atoms with van der Waals surface area (Å²) >= 11 is 11.7. The summed E-state index contributed by atoms with van der Waals surface area (Å²) in [6, 6.07) is 6.92. The largest absolute Gasteiger partial charge is 0.347 e. The molecule has 0 spiro atoms. The Morgan fingerprint density at radius 2 is 2.11 bits per heavy atom. The molecule has 2 N–H and O–H groups in total. The van der Waals surface area contributed by atoms with E-state index in [1.807, 2.05) is 13.0 Å². The van der Waals surface area contributed by atoms with Gasteiger partial charge < -0.3 is 5.32 Å². The van der Waals surface area contributed by atoms with Gasteiger partial charge in [-0.05, 0) is 30.7 Å². The molecule has 0 saturated carbocycles. The number of hydrogen-bond acceptors (Lipinski definition) is 2. The first-order valence-electron chi connectivity index (χ1n) is 5.30. The van der Waals surface area contributed by atoms with Crippen LogP contribution in [0, 0.1) is 6.92 Å². The van der Waals surface area contributed by atoms with Gasteiger partial charge in [0.25, 0.3) is 5.91 Å². The molecular weight excluding hydrogens is 273 g/mol. The fraction of sp³-hybridized carbons (Fsp3) is 0.167. The first-order valence-corrected chi connectivity index (χ1v) is 6.06. The molecule has 4 nitrogen and oxygen atoms in total. The molecule has 18 heavy (non-hydrogen) atoms. The van der Waals surface area contributed by atoms with Crippen molar-refractivity contribution in [3.63, 3.8) is 0 Å². The molecule has 6 heteroatoms. The lowest BCUT2D eigenvalue weighted by atomic mass is 10.2. The quantitative estimate of drug-likeness (QED) is 0.910. The average Bonchev–Trinajstić information content (AvgIpc) is 2.77. The summed E-state index contributed by atoms with van der Waals surface area (Å²) in [4.78, 5) is 11.7. The highest BCUT2D eigenvalue weighted by molar-refractivity contribution is 6.42. The van der Waals surface area contributed by atoms with Gasteiger partial charge in [-0.3, -0.25) is 9.89 Å². The number of carbonyl (C=O) groups is 1.